The molecule has 22 heavy (non-hydrogen) atoms. The molecule has 2 aromatic carbocycles. The van der Waals surface area contributed by atoms with Crippen molar-refractivity contribution < 1.29 is 9.53 Å². The van der Waals surface area contributed by atoms with Gasteiger partial charge in [0.05, 0.1) is 0 Å². The monoisotopic (exact) mass is 296 g/mol. The van der Waals surface area contributed by atoms with E-state index in [4.69, 9.17) is 4.74 Å². The largest absolute Gasteiger partial charge is 0.489 e. The van der Waals surface area contributed by atoms with Crippen molar-refractivity contribution in [3.8, 4) is 5.75 Å². The summed E-state index contributed by atoms with van der Waals surface area (Å²) >= 11 is 0. The third-order valence-electron chi connectivity index (χ3n) is 3.73. The van der Waals surface area contributed by atoms with Crippen LogP contribution in [-0.4, -0.2) is 37.0 Å². The summed E-state index contributed by atoms with van der Waals surface area (Å²) in [5.41, 5.74) is 1.80. The summed E-state index contributed by atoms with van der Waals surface area (Å²) in [5.74, 6) is 0.802. The van der Waals surface area contributed by atoms with E-state index < -0.39 is 0 Å². The quantitative estimate of drug-likeness (QED) is 0.941. The van der Waals surface area contributed by atoms with Gasteiger partial charge in [0.15, 0.2) is 0 Å². The molecule has 114 valence electrons. The molecule has 0 saturated carbocycles. The zero-order chi connectivity index (χ0) is 15.2. The maximum atomic E-state index is 12.5. The minimum absolute atomic E-state index is 0.0756. The van der Waals surface area contributed by atoms with Gasteiger partial charge in [0.1, 0.15) is 12.4 Å². The van der Waals surface area contributed by atoms with Crippen LogP contribution in [0.15, 0.2) is 54.6 Å². The summed E-state index contributed by atoms with van der Waals surface area (Å²) in [4.78, 5) is 14.4. The number of benzene rings is 2. The number of rotatable bonds is 4. The number of ether oxygens (including phenoxy) is 1. The van der Waals surface area contributed by atoms with E-state index in [2.05, 4.69) is 5.32 Å². The minimum Gasteiger partial charge on any atom is -0.489 e. The number of hydrogen-bond acceptors (Lipinski definition) is 3. The third kappa shape index (κ3) is 3.65. The van der Waals surface area contributed by atoms with Crippen molar-refractivity contribution in [2.45, 2.75) is 6.61 Å². The first-order chi connectivity index (χ1) is 10.8. The second-order valence-corrected chi connectivity index (χ2v) is 5.34. The molecule has 1 saturated heterocycles. The van der Waals surface area contributed by atoms with E-state index in [1.807, 2.05) is 59.5 Å². The Morgan fingerprint density at radius 1 is 1.05 bits per heavy atom. The highest BCUT2D eigenvalue weighted by Crippen LogP contribution is 2.17. The lowest BCUT2D eigenvalue weighted by Crippen LogP contribution is -2.46. The van der Waals surface area contributed by atoms with Crippen LogP contribution in [0.25, 0.3) is 0 Å². The molecule has 0 bridgehead atoms. The van der Waals surface area contributed by atoms with Crippen LogP contribution in [0, 0.1) is 0 Å². The molecule has 4 nitrogen and oxygen atoms in total. The molecule has 1 N–H and O–H groups in total. The van der Waals surface area contributed by atoms with Gasteiger partial charge in [-0.2, -0.15) is 0 Å². The Hall–Kier alpha value is -2.33. The fraction of sp³-hybridized carbons (Fsp3) is 0.278. The Morgan fingerprint density at radius 2 is 1.82 bits per heavy atom. The smallest absolute Gasteiger partial charge is 0.254 e. The Labute approximate surface area is 130 Å². The van der Waals surface area contributed by atoms with Crippen molar-refractivity contribution in [1.29, 1.82) is 0 Å². The summed E-state index contributed by atoms with van der Waals surface area (Å²) in [6.45, 7) is 3.74. The second-order valence-electron chi connectivity index (χ2n) is 5.34. The van der Waals surface area contributed by atoms with E-state index in [-0.39, 0.29) is 5.91 Å². The number of hydrogen-bond donors (Lipinski definition) is 1. The topological polar surface area (TPSA) is 41.6 Å². The summed E-state index contributed by atoms with van der Waals surface area (Å²) in [7, 11) is 0. The molecule has 2 aromatic rings. The maximum Gasteiger partial charge on any atom is 0.254 e. The molecule has 1 aliphatic rings. The lowest BCUT2D eigenvalue weighted by molar-refractivity contribution is 0.0735. The van der Waals surface area contributed by atoms with E-state index >= 15 is 0 Å². The van der Waals surface area contributed by atoms with Crippen LogP contribution >= 0.6 is 0 Å². The number of piperazine rings is 1. The van der Waals surface area contributed by atoms with Crippen molar-refractivity contribution in [3.63, 3.8) is 0 Å². The standard InChI is InChI=1S/C18H20N2O2/c21-18(20-11-9-19-10-12-20)16-7-4-8-17(13-16)22-14-15-5-2-1-3-6-15/h1-8,13,19H,9-12,14H2. The van der Waals surface area contributed by atoms with E-state index in [1.54, 1.807) is 0 Å². The van der Waals surface area contributed by atoms with Gasteiger partial charge in [-0.1, -0.05) is 36.4 Å². The highest BCUT2D eigenvalue weighted by molar-refractivity contribution is 5.94. The number of carbonyl (C=O) groups is 1. The van der Waals surface area contributed by atoms with Gasteiger partial charge in [-0.15, -0.1) is 0 Å². The Morgan fingerprint density at radius 3 is 2.59 bits per heavy atom. The van der Waals surface area contributed by atoms with Crippen molar-refractivity contribution >= 4 is 5.91 Å². The van der Waals surface area contributed by atoms with Gasteiger partial charge in [-0.25, -0.2) is 0 Å². The highest BCUT2D eigenvalue weighted by atomic mass is 16.5. The molecule has 1 aliphatic heterocycles. The van der Waals surface area contributed by atoms with Crippen LogP contribution in [-0.2, 0) is 6.61 Å². The number of amides is 1. The van der Waals surface area contributed by atoms with Crippen molar-refractivity contribution in [1.82, 2.24) is 10.2 Å². The molecule has 1 amide bonds. The molecule has 0 spiro atoms. The molecule has 0 aliphatic carbocycles. The first-order valence-corrected chi connectivity index (χ1v) is 7.60. The van der Waals surface area contributed by atoms with Crippen LogP contribution in [0.1, 0.15) is 15.9 Å². The van der Waals surface area contributed by atoms with Gasteiger partial charge >= 0.3 is 0 Å². The Balaban J connectivity index is 1.65. The van der Waals surface area contributed by atoms with E-state index in [9.17, 15) is 4.79 Å². The van der Waals surface area contributed by atoms with Gasteiger partial charge in [0, 0.05) is 31.7 Å². The van der Waals surface area contributed by atoms with Crippen LogP contribution in [0.2, 0.25) is 0 Å². The average Bonchev–Trinajstić information content (AvgIpc) is 2.61. The number of nitrogens with zero attached hydrogens (tertiary/aromatic N) is 1. The molecule has 0 unspecified atom stereocenters. The summed E-state index contributed by atoms with van der Waals surface area (Å²) in [5, 5.41) is 3.25. The maximum absolute atomic E-state index is 12.5. The first-order valence-electron chi connectivity index (χ1n) is 7.60. The van der Waals surface area contributed by atoms with Crippen LogP contribution in [0.5, 0.6) is 5.75 Å². The second kappa shape index (κ2) is 7.09. The molecule has 4 heteroatoms. The van der Waals surface area contributed by atoms with Crippen LogP contribution in [0.4, 0.5) is 0 Å². The first kappa shape index (κ1) is 14.6. The zero-order valence-electron chi connectivity index (χ0n) is 12.5. The zero-order valence-corrected chi connectivity index (χ0v) is 12.5. The molecule has 0 atom stereocenters. The predicted molar refractivity (Wildman–Crippen MR) is 86.0 cm³/mol. The lowest BCUT2D eigenvalue weighted by Gasteiger charge is -2.27. The van der Waals surface area contributed by atoms with Gasteiger partial charge in [-0.05, 0) is 23.8 Å². The van der Waals surface area contributed by atoms with Gasteiger partial charge < -0.3 is 15.0 Å². The SMILES string of the molecule is O=C(c1cccc(OCc2ccccc2)c1)N1CCNCC1. The normalized spacial score (nSPS) is 14.6. The highest BCUT2D eigenvalue weighted by Gasteiger charge is 2.18. The molecule has 3 rings (SSSR count). The van der Waals surface area contributed by atoms with Crippen molar-refractivity contribution in [2.75, 3.05) is 26.2 Å². The average molecular weight is 296 g/mol. The molecule has 0 aromatic heterocycles. The van der Waals surface area contributed by atoms with Crippen LogP contribution in [0.3, 0.4) is 0 Å². The molecule has 1 fully saturated rings. The van der Waals surface area contributed by atoms with Gasteiger partial charge in [0.25, 0.3) is 5.91 Å². The van der Waals surface area contributed by atoms with E-state index in [0.29, 0.717) is 12.2 Å². The van der Waals surface area contributed by atoms with E-state index in [1.165, 1.54) is 0 Å². The lowest BCUT2D eigenvalue weighted by atomic mass is 10.1. The summed E-state index contributed by atoms with van der Waals surface area (Å²) in [6, 6.07) is 17.4. The third-order valence-corrected chi connectivity index (χ3v) is 3.73. The van der Waals surface area contributed by atoms with Crippen LogP contribution < -0.4 is 10.1 Å². The fourth-order valence-corrected chi connectivity index (χ4v) is 2.51. The predicted octanol–water partition coefficient (Wildman–Crippen LogP) is 2.31. The van der Waals surface area contributed by atoms with Gasteiger partial charge in [-0.3, -0.25) is 4.79 Å². The minimum atomic E-state index is 0.0756. The Kier molecular flexibility index (Phi) is 4.71. The molecule has 1 heterocycles. The summed E-state index contributed by atoms with van der Waals surface area (Å²) in [6.07, 6.45) is 0. The van der Waals surface area contributed by atoms with E-state index in [0.717, 1.165) is 37.5 Å². The Bertz CT molecular complexity index is 622. The van der Waals surface area contributed by atoms with Gasteiger partial charge in [0.2, 0.25) is 0 Å². The summed E-state index contributed by atoms with van der Waals surface area (Å²) < 4.78 is 5.79. The molecule has 0 radical (unpaired) electrons. The van der Waals surface area contributed by atoms with Crippen molar-refractivity contribution in [3.05, 3.63) is 65.7 Å². The number of nitrogens with one attached hydrogen (secondary N) is 1. The van der Waals surface area contributed by atoms with Crippen molar-refractivity contribution in [2.24, 2.45) is 0 Å². The molecular weight excluding hydrogens is 276 g/mol. The fourth-order valence-electron chi connectivity index (χ4n) is 2.51. The number of carbonyl (C=O) groups excluding carboxylic acids is 1. The molecular formula is C18H20N2O2.